The van der Waals surface area contributed by atoms with Gasteiger partial charge in [-0.3, -0.25) is 4.79 Å². The zero-order valence-electron chi connectivity index (χ0n) is 21.7. The van der Waals surface area contributed by atoms with Gasteiger partial charge in [-0.25, -0.2) is 4.79 Å². The number of hydrogen-bond donors (Lipinski definition) is 1. The summed E-state index contributed by atoms with van der Waals surface area (Å²) < 4.78 is 5.99. The van der Waals surface area contributed by atoms with Gasteiger partial charge in [-0.2, -0.15) is 0 Å². The molecule has 0 bridgehead atoms. The first-order chi connectivity index (χ1) is 18.5. The largest absolute Gasteiger partial charge is 0.415 e. The molecule has 6 rings (SSSR count). The van der Waals surface area contributed by atoms with E-state index in [0.717, 1.165) is 52.4 Å². The number of rotatable bonds is 4. The van der Waals surface area contributed by atoms with Crippen LogP contribution in [0.25, 0.3) is 21.7 Å². The number of piperazine rings is 1. The number of likely N-dealkylation sites (N-methyl/N-ethyl adjacent to an activating group) is 1. The number of carbonyl (C=O) groups is 2. The number of hydrogen-bond acceptors (Lipinski definition) is 4. The summed E-state index contributed by atoms with van der Waals surface area (Å²) in [6.45, 7) is 5.45. The maximum Gasteiger partial charge on any atom is 0.415 e. The molecule has 1 aromatic heterocycles. The van der Waals surface area contributed by atoms with Gasteiger partial charge in [-0.15, -0.1) is 11.6 Å². The number of H-pyrrole nitrogens is 1. The number of carbonyl (C=O) groups excluding carboxylic acids is 2. The van der Waals surface area contributed by atoms with E-state index in [0.29, 0.717) is 37.0 Å². The monoisotopic (exact) mass is 530 g/mol. The molecule has 3 heterocycles. The SMILES string of the molecule is CCc1ccc2[nH]c(C(=O)N3C[C@@H](CCl)c4c3cc(OC(=O)N3CCN(C)CC3)c3ccccc43)cc2c1. The van der Waals surface area contributed by atoms with Crippen molar-refractivity contribution in [1.29, 1.82) is 0 Å². The molecule has 1 atom stereocenters. The Morgan fingerprint density at radius 3 is 2.53 bits per heavy atom. The number of nitrogens with zero attached hydrogens (tertiary/aromatic N) is 3. The minimum absolute atomic E-state index is 0.0287. The molecule has 0 radical (unpaired) electrons. The number of fused-ring (bicyclic) bond motifs is 4. The highest BCUT2D eigenvalue weighted by atomic mass is 35.5. The van der Waals surface area contributed by atoms with E-state index in [-0.39, 0.29) is 17.9 Å². The van der Waals surface area contributed by atoms with Gasteiger partial charge in [0.25, 0.3) is 5.91 Å². The standard InChI is InChI=1S/C30H31ClN4O3/c1-3-19-8-9-24-20(14-19)15-25(32-24)29(36)35-18-21(17-31)28-23-7-5-4-6-22(23)27(16-26(28)35)38-30(37)34-12-10-33(2)11-13-34/h4-9,14-16,21,32H,3,10-13,17-18H2,1-2H3/t21-/m1/s1. The highest BCUT2D eigenvalue weighted by molar-refractivity contribution is 6.19. The molecule has 196 valence electrons. The van der Waals surface area contributed by atoms with Gasteiger partial charge in [0.05, 0.1) is 5.69 Å². The highest BCUT2D eigenvalue weighted by Gasteiger charge is 2.36. The third kappa shape index (κ3) is 4.29. The molecule has 0 aliphatic carbocycles. The van der Waals surface area contributed by atoms with Crippen molar-refractivity contribution in [3.8, 4) is 5.75 Å². The Morgan fingerprint density at radius 1 is 1.03 bits per heavy atom. The van der Waals surface area contributed by atoms with Crippen molar-refractivity contribution in [3.63, 3.8) is 0 Å². The molecule has 2 amide bonds. The Morgan fingerprint density at radius 2 is 1.79 bits per heavy atom. The molecular formula is C30H31ClN4O3. The molecule has 4 aromatic rings. The van der Waals surface area contributed by atoms with Gasteiger partial charge >= 0.3 is 6.09 Å². The van der Waals surface area contributed by atoms with E-state index in [4.69, 9.17) is 16.3 Å². The van der Waals surface area contributed by atoms with Crippen molar-refractivity contribution >= 4 is 51.0 Å². The quantitative estimate of drug-likeness (QED) is 0.348. The van der Waals surface area contributed by atoms with E-state index in [1.165, 1.54) is 5.56 Å². The van der Waals surface area contributed by atoms with E-state index < -0.39 is 0 Å². The molecule has 1 N–H and O–H groups in total. The summed E-state index contributed by atoms with van der Waals surface area (Å²) in [5, 5.41) is 2.81. The van der Waals surface area contributed by atoms with E-state index in [1.807, 2.05) is 49.5 Å². The molecule has 2 aliphatic heterocycles. The molecule has 0 unspecified atom stereocenters. The molecule has 1 saturated heterocycles. The minimum atomic E-state index is -0.365. The van der Waals surface area contributed by atoms with Crippen LogP contribution in [0.1, 0.15) is 34.5 Å². The van der Waals surface area contributed by atoms with Crippen LogP contribution < -0.4 is 9.64 Å². The highest BCUT2D eigenvalue weighted by Crippen LogP contribution is 2.46. The zero-order valence-corrected chi connectivity index (χ0v) is 22.4. The maximum atomic E-state index is 13.9. The number of aryl methyl sites for hydroxylation is 1. The van der Waals surface area contributed by atoms with Crippen LogP contribution in [-0.4, -0.2) is 72.4 Å². The molecule has 2 aliphatic rings. The van der Waals surface area contributed by atoms with E-state index in [9.17, 15) is 9.59 Å². The average molecular weight is 531 g/mol. The summed E-state index contributed by atoms with van der Waals surface area (Å²) in [5.41, 5.74) is 4.45. The van der Waals surface area contributed by atoms with Crippen LogP contribution in [0.5, 0.6) is 5.75 Å². The molecule has 0 spiro atoms. The molecule has 0 saturated carbocycles. The van der Waals surface area contributed by atoms with Gasteiger partial charge in [0.1, 0.15) is 11.4 Å². The number of halogens is 1. The first-order valence-electron chi connectivity index (χ1n) is 13.2. The fourth-order valence-electron chi connectivity index (χ4n) is 5.63. The van der Waals surface area contributed by atoms with Crippen LogP contribution in [0.4, 0.5) is 10.5 Å². The van der Waals surface area contributed by atoms with Gasteiger partial charge in [0.15, 0.2) is 0 Å². The van der Waals surface area contributed by atoms with Gasteiger partial charge in [0, 0.05) is 66.9 Å². The van der Waals surface area contributed by atoms with Crippen LogP contribution in [0, 0.1) is 0 Å². The molecule has 38 heavy (non-hydrogen) atoms. The summed E-state index contributed by atoms with van der Waals surface area (Å²) >= 11 is 6.45. The van der Waals surface area contributed by atoms with Crippen molar-refractivity contribution in [3.05, 3.63) is 71.4 Å². The Balaban J connectivity index is 1.39. The maximum absolute atomic E-state index is 13.9. The number of benzene rings is 3. The second-order valence-electron chi connectivity index (χ2n) is 10.2. The first kappa shape index (κ1) is 24.8. The molecule has 8 heteroatoms. The Hall–Kier alpha value is -3.55. The average Bonchev–Trinajstić information content (AvgIpc) is 3.54. The minimum Gasteiger partial charge on any atom is -0.409 e. The van der Waals surface area contributed by atoms with Crippen molar-refractivity contribution in [2.45, 2.75) is 19.3 Å². The van der Waals surface area contributed by atoms with Crippen molar-refractivity contribution in [2.75, 3.05) is 50.6 Å². The molecule has 1 fully saturated rings. The molecule has 3 aromatic carbocycles. The van der Waals surface area contributed by atoms with Crippen molar-refractivity contribution < 1.29 is 14.3 Å². The summed E-state index contributed by atoms with van der Waals surface area (Å²) in [6.07, 6.45) is 0.569. The fraction of sp³-hybridized carbons (Fsp3) is 0.333. The van der Waals surface area contributed by atoms with Crippen molar-refractivity contribution in [1.82, 2.24) is 14.8 Å². The number of nitrogens with one attached hydrogen (secondary N) is 1. The second-order valence-corrected chi connectivity index (χ2v) is 10.5. The van der Waals surface area contributed by atoms with Crippen LogP contribution in [-0.2, 0) is 6.42 Å². The predicted molar refractivity (Wildman–Crippen MR) is 152 cm³/mol. The number of aromatic amines is 1. The van der Waals surface area contributed by atoms with Gasteiger partial charge in [0.2, 0.25) is 0 Å². The number of aromatic nitrogens is 1. The normalized spacial score (nSPS) is 17.8. The predicted octanol–water partition coefficient (Wildman–Crippen LogP) is 5.61. The summed E-state index contributed by atoms with van der Waals surface area (Å²) in [7, 11) is 2.05. The fourth-order valence-corrected chi connectivity index (χ4v) is 5.88. The van der Waals surface area contributed by atoms with Crippen LogP contribution in [0.15, 0.2) is 54.6 Å². The first-order valence-corrected chi connectivity index (χ1v) is 13.7. The second kappa shape index (κ2) is 9.97. The van der Waals surface area contributed by atoms with Gasteiger partial charge < -0.3 is 24.4 Å². The van der Waals surface area contributed by atoms with E-state index >= 15 is 0 Å². The third-order valence-corrected chi connectivity index (χ3v) is 8.21. The summed E-state index contributed by atoms with van der Waals surface area (Å²) in [6, 6.07) is 17.9. The number of alkyl halides is 1. The summed E-state index contributed by atoms with van der Waals surface area (Å²) in [4.78, 5) is 36.0. The topological polar surface area (TPSA) is 68.9 Å². The van der Waals surface area contributed by atoms with Crippen LogP contribution in [0.3, 0.4) is 0 Å². The number of ether oxygens (including phenoxy) is 1. The van der Waals surface area contributed by atoms with Crippen LogP contribution >= 0.6 is 11.6 Å². The third-order valence-electron chi connectivity index (χ3n) is 7.84. The van der Waals surface area contributed by atoms with Crippen molar-refractivity contribution in [2.24, 2.45) is 0 Å². The zero-order chi connectivity index (χ0) is 26.4. The lowest BCUT2D eigenvalue weighted by atomic mass is 9.95. The lowest BCUT2D eigenvalue weighted by Gasteiger charge is -2.31. The number of amides is 2. The Labute approximate surface area is 226 Å². The Bertz CT molecular complexity index is 1540. The molecule has 7 nitrogen and oxygen atoms in total. The van der Waals surface area contributed by atoms with Gasteiger partial charge in [-0.05, 0) is 48.2 Å². The van der Waals surface area contributed by atoms with E-state index in [2.05, 4.69) is 28.9 Å². The summed E-state index contributed by atoms with van der Waals surface area (Å²) in [5.74, 6) is 0.688. The number of anilines is 1. The smallest absolute Gasteiger partial charge is 0.409 e. The van der Waals surface area contributed by atoms with Crippen LogP contribution in [0.2, 0.25) is 0 Å². The Kier molecular flexibility index (Phi) is 6.50. The van der Waals surface area contributed by atoms with Gasteiger partial charge in [-0.1, -0.05) is 37.3 Å². The lowest BCUT2D eigenvalue weighted by molar-refractivity contribution is 0.0984. The molecular weight excluding hydrogens is 500 g/mol. The van der Waals surface area contributed by atoms with E-state index in [1.54, 1.807) is 9.80 Å². The lowest BCUT2D eigenvalue weighted by Crippen LogP contribution is -2.48.